The highest BCUT2D eigenvalue weighted by Gasteiger charge is 2.33. The van der Waals surface area contributed by atoms with Gasteiger partial charge in [-0.3, -0.25) is 9.69 Å². The van der Waals surface area contributed by atoms with E-state index >= 15 is 0 Å². The zero-order chi connectivity index (χ0) is 13.0. The summed E-state index contributed by atoms with van der Waals surface area (Å²) in [6, 6.07) is 1.45. The summed E-state index contributed by atoms with van der Waals surface area (Å²) in [4.78, 5) is 14.7. The number of carboxylic acids is 1. The molecule has 0 radical (unpaired) electrons. The predicted molar refractivity (Wildman–Crippen MR) is 71.1 cm³/mol. The van der Waals surface area contributed by atoms with Gasteiger partial charge in [-0.15, -0.1) is 11.3 Å². The summed E-state index contributed by atoms with van der Waals surface area (Å²) >= 11 is 1.66. The minimum atomic E-state index is -0.759. The van der Waals surface area contributed by atoms with Crippen LogP contribution in [-0.2, 0) is 16.0 Å². The Hall–Kier alpha value is -0.910. The van der Waals surface area contributed by atoms with Crippen LogP contribution >= 0.6 is 11.3 Å². The fourth-order valence-electron chi connectivity index (χ4n) is 2.33. The number of hydrogen-bond acceptors (Lipinski definition) is 4. The molecule has 0 spiro atoms. The molecular formula is C13H19NO3S. The van der Waals surface area contributed by atoms with Crippen molar-refractivity contribution in [1.82, 2.24) is 4.90 Å². The number of ether oxygens (including phenoxy) is 1. The minimum absolute atomic E-state index is 0.495. The first kappa shape index (κ1) is 13.5. The van der Waals surface area contributed by atoms with Crippen molar-refractivity contribution in [2.45, 2.75) is 25.8 Å². The van der Waals surface area contributed by atoms with E-state index in [1.54, 1.807) is 11.3 Å². The molecule has 0 aliphatic carbocycles. The van der Waals surface area contributed by atoms with Crippen LogP contribution in [0.1, 0.15) is 29.8 Å². The van der Waals surface area contributed by atoms with Crippen LogP contribution in [-0.4, -0.2) is 42.3 Å². The highest BCUT2D eigenvalue weighted by molar-refractivity contribution is 7.10. The quantitative estimate of drug-likeness (QED) is 0.804. The maximum Gasteiger partial charge on any atom is 0.325 e. The third-order valence-corrected chi connectivity index (χ3v) is 4.17. The SMILES string of the molecule is CCCOCCN1CCc2sccc2C1C(=O)O. The Balaban J connectivity index is 2.00. The van der Waals surface area contributed by atoms with Gasteiger partial charge in [0.15, 0.2) is 0 Å². The zero-order valence-corrected chi connectivity index (χ0v) is 11.4. The second kappa shape index (κ2) is 6.31. The molecule has 0 saturated heterocycles. The summed E-state index contributed by atoms with van der Waals surface area (Å²) in [5, 5.41) is 11.4. The lowest BCUT2D eigenvalue weighted by Gasteiger charge is -2.32. The molecule has 1 aromatic rings. The average Bonchev–Trinajstić information content (AvgIpc) is 2.81. The predicted octanol–water partition coefficient (Wildman–Crippen LogP) is 2.16. The molecule has 1 atom stereocenters. The molecule has 1 unspecified atom stereocenters. The molecular weight excluding hydrogens is 250 g/mol. The molecule has 1 aliphatic rings. The van der Waals surface area contributed by atoms with Crippen molar-refractivity contribution < 1.29 is 14.6 Å². The van der Waals surface area contributed by atoms with Crippen molar-refractivity contribution in [3.05, 3.63) is 21.9 Å². The molecule has 0 fully saturated rings. The van der Waals surface area contributed by atoms with E-state index < -0.39 is 12.0 Å². The Bertz CT molecular complexity index is 405. The van der Waals surface area contributed by atoms with Crippen LogP contribution in [0.25, 0.3) is 0 Å². The van der Waals surface area contributed by atoms with Crippen LogP contribution in [0.15, 0.2) is 11.4 Å². The van der Waals surface area contributed by atoms with Gasteiger partial charge in [0.05, 0.1) is 6.61 Å². The van der Waals surface area contributed by atoms with Gasteiger partial charge in [-0.05, 0) is 29.9 Å². The molecule has 0 amide bonds. The van der Waals surface area contributed by atoms with Crippen LogP contribution in [0.2, 0.25) is 0 Å². The van der Waals surface area contributed by atoms with Gasteiger partial charge in [0.1, 0.15) is 6.04 Å². The Labute approximate surface area is 111 Å². The molecule has 2 heterocycles. The average molecular weight is 269 g/mol. The van der Waals surface area contributed by atoms with E-state index in [-0.39, 0.29) is 0 Å². The first-order chi connectivity index (χ1) is 8.74. The summed E-state index contributed by atoms with van der Waals surface area (Å²) in [6.45, 7) is 4.91. The number of nitrogens with zero attached hydrogens (tertiary/aromatic N) is 1. The third kappa shape index (κ3) is 2.91. The van der Waals surface area contributed by atoms with Gasteiger partial charge < -0.3 is 9.84 Å². The number of fused-ring (bicyclic) bond motifs is 1. The number of rotatable bonds is 6. The monoisotopic (exact) mass is 269 g/mol. The van der Waals surface area contributed by atoms with E-state index in [2.05, 4.69) is 6.92 Å². The van der Waals surface area contributed by atoms with Crippen molar-refractivity contribution in [3.8, 4) is 0 Å². The Morgan fingerprint density at radius 3 is 3.17 bits per heavy atom. The van der Waals surface area contributed by atoms with Crippen molar-refractivity contribution >= 4 is 17.3 Å². The number of carbonyl (C=O) groups is 1. The summed E-state index contributed by atoms with van der Waals surface area (Å²) in [7, 11) is 0. The maximum absolute atomic E-state index is 11.4. The second-order valence-electron chi connectivity index (χ2n) is 4.44. The third-order valence-electron chi connectivity index (χ3n) is 3.17. The fourth-order valence-corrected chi connectivity index (χ4v) is 3.23. The van der Waals surface area contributed by atoms with Crippen LogP contribution in [0.4, 0.5) is 0 Å². The minimum Gasteiger partial charge on any atom is -0.480 e. The number of carboxylic acid groups (broad SMARTS) is 1. The van der Waals surface area contributed by atoms with Gasteiger partial charge in [0.2, 0.25) is 0 Å². The van der Waals surface area contributed by atoms with Crippen LogP contribution in [0, 0.1) is 0 Å². The molecule has 0 saturated carbocycles. The molecule has 5 heteroatoms. The molecule has 1 N–H and O–H groups in total. The zero-order valence-electron chi connectivity index (χ0n) is 10.6. The number of hydrogen-bond donors (Lipinski definition) is 1. The molecule has 0 aromatic carbocycles. The Morgan fingerprint density at radius 1 is 1.61 bits per heavy atom. The van der Waals surface area contributed by atoms with Gasteiger partial charge in [-0.1, -0.05) is 6.92 Å². The van der Waals surface area contributed by atoms with Gasteiger partial charge in [-0.25, -0.2) is 0 Å². The molecule has 0 bridgehead atoms. The maximum atomic E-state index is 11.4. The fraction of sp³-hybridized carbons (Fsp3) is 0.615. The summed E-state index contributed by atoms with van der Waals surface area (Å²) in [6.07, 6.45) is 1.95. The van der Waals surface area contributed by atoms with Gasteiger partial charge in [0, 0.05) is 24.6 Å². The highest BCUT2D eigenvalue weighted by Crippen LogP contribution is 2.33. The molecule has 18 heavy (non-hydrogen) atoms. The van der Waals surface area contributed by atoms with Gasteiger partial charge in [-0.2, -0.15) is 0 Å². The first-order valence-electron chi connectivity index (χ1n) is 6.35. The Morgan fingerprint density at radius 2 is 2.44 bits per heavy atom. The van der Waals surface area contributed by atoms with Gasteiger partial charge in [0.25, 0.3) is 0 Å². The second-order valence-corrected chi connectivity index (χ2v) is 5.44. The van der Waals surface area contributed by atoms with E-state index in [0.29, 0.717) is 13.2 Å². The molecule has 1 aromatic heterocycles. The standard InChI is InChI=1S/C13H19NO3S/c1-2-7-17-8-6-14-5-3-11-10(4-9-18-11)12(14)13(15)16/h4,9,12H,2-3,5-8H2,1H3,(H,15,16). The molecule has 100 valence electrons. The first-order valence-corrected chi connectivity index (χ1v) is 7.23. The van der Waals surface area contributed by atoms with E-state index in [1.165, 1.54) is 4.88 Å². The smallest absolute Gasteiger partial charge is 0.325 e. The summed E-state index contributed by atoms with van der Waals surface area (Å²) in [5.74, 6) is -0.759. The van der Waals surface area contributed by atoms with E-state index in [0.717, 1.165) is 31.6 Å². The van der Waals surface area contributed by atoms with Crippen molar-refractivity contribution in [1.29, 1.82) is 0 Å². The number of aliphatic carboxylic acids is 1. The van der Waals surface area contributed by atoms with Crippen molar-refractivity contribution in [2.24, 2.45) is 0 Å². The summed E-state index contributed by atoms with van der Waals surface area (Å²) < 4.78 is 5.45. The molecule has 2 rings (SSSR count). The lowest BCUT2D eigenvalue weighted by Crippen LogP contribution is -2.40. The largest absolute Gasteiger partial charge is 0.480 e. The lowest BCUT2D eigenvalue weighted by atomic mass is 10.0. The van der Waals surface area contributed by atoms with E-state index in [9.17, 15) is 9.90 Å². The topological polar surface area (TPSA) is 49.8 Å². The van der Waals surface area contributed by atoms with Crippen LogP contribution < -0.4 is 0 Å². The highest BCUT2D eigenvalue weighted by atomic mass is 32.1. The molecule has 4 nitrogen and oxygen atoms in total. The number of thiophene rings is 1. The van der Waals surface area contributed by atoms with Crippen molar-refractivity contribution in [3.63, 3.8) is 0 Å². The summed E-state index contributed by atoms with van der Waals surface area (Å²) in [5.41, 5.74) is 0.967. The molecule has 1 aliphatic heterocycles. The van der Waals surface area contributed by atoms with Crippen molar-refractivity contribution in [2.75, 3.05) is 26.3 Å². The lowest BCUT2D eigenvalue weighted by molar-refractivity contribution is -0.144. The Kier molecular flexibility index (Phi) is 4.74. The van der Waals surface area contributed by atoms with Crippen LogP contribution in [0.3, 0.4) is 0 Å². The normalized spacial score (nSPS) is 19.7. The van der Waals surface area contributed by atoms with E-state index in [4.69, 9.17) is 4.74 Å². The van der Waals surface area contributed by atoms with Gasteiger partial charge >= 0.3 is 5.97 Å². The van der Waals surface area contributed by atoms with E-state index in [1.807, 2.05) is 16.3 Å². The van der Waals surface area contributed by atoms with Crippen LogP contribution in [0.5, 0.6) is 0 Å².